The highest BCUT2D eigenvalue weighted by molar-refractivity contribution is 5.78. The molecule has 0 amide bonds. The lowest BCUT2D eigenvalue weighted by molar-refractivity contribution is -0.152. The summed E-state index contributed by atoms with van der Waals surface area (Å²) < 4.78 is 10.2. The topological polar surface area (TPSA) is 61.5 Å². The molecule has 0 heterocycles. The first-order valence-corrected chi connectivity index (χ1v) is 5.63. The van der Waals surface area contributed by atoms with E-state index in [1.54, 1.807) is 14.0 Å². The Morgan fingerprint density at radius 2 is 2.00 bits per heavy atom. The van der Waals surface area contributed by atoms with E-state index >= 15 is 0 Å². The van der Waals surface area contributed by atoms with Gasteiger partial charge in [-0.15, -0.1) is 0 Å². The maximum atomic E-state index is 11.9. The van der Waals surface area contributed by atoms with Gasteiger partial charge in [0.1, 0.15) is 6.10 Å². The molecule has 0 spiro atoms. The van der Waals surface area contributed by atoms with Crippen molar-refractivity contribution in [3.8, 4) is 0 Å². The summed E-state index contributed by atoms with van der Waals surface area (Å²) in [5.41, 5.74) is 6.50. The molecule has 0 fully saturated rings. The minimum atomic E-state index is -0.407. The number of carbonyl (C=O) groups is 1. The van der Waals surface area contributed by atoms with Crippen molar-refractivity contribution in [3.63, 3.8) is 0 Å². The fraction of sp³-hybridized carbons (Fsp3) is 0.462. The fourth-order valence-corrected chi connectivity index (χ4v) is 1.60. The molecule has 0 saturated heterocycles. The van der Waals surface area contributed by atoms with E-state index in [9.17, 15) is 4.79 Å². The van der Waals surface area contributed by atoms with Crippen LogP contribution in [0.15, 0.2) is 30.3 Å². The second-order valence-corrected chi connectivity index (χ2v) is 3.90. The van der Waals surface area contributed by atoms with E-state index < -0.39 is 5.92 Å². The maximum Gasteiger partial charge on any atom is 0.315 e. The van der Waals surface area contributed by atoms with Crippen molar-refractivity contribution in [1.29, 1.82) is 0 Å². The largest absolute Gasteiger partial charge is 0.460 e. The molecule has 0 aliphatic heterocycles. The molecular weight excluding hydrogens is 218 g/mol. The van der Waals surface area contributed by atoms with Gasteiger partial charge in [-0.05, 0) is 12.5 Å². The number of nitrogens with two attached hydrogens (primary N) is 1. The third-order valence-corrected chi connectivity index (χ3v) is 2.44. The van der Waals surface area contributed by atoms with Gasteiger partial charge in [0.05, 0.1) is 12.5 Å². The van der Waals surface area contributed by atoms with Crippen LogP contribution in [0.4, 0.5) is 0 Å². The van der Waals surface area contributed by atoms with Crippen LogP contribution in [-0.2, 0) is 14.3 Å². The molecular formula is C13H19NO3. The first-order valence-electron chi connectivity index (χ1n) is 5.63. The van der Waals surface area contributed by atoms with Crippen LogP contribution in [-0.4, -0.2) is 32.3 Å². The van der Waals surface area contributed by atoms with Crippen LogP contribution in [0.5, 0.6) is 0 Å². The molecule has 1 rings (SSSR count). The van der Waals surface area contributed by atoms with Gasteiger partial charge in [0.25, 0.3) is 0 Å². The standard InChI is InChI=1S/C13H19NO3/c1-10(9-16-2)17-13(15)12(8-14)11-6-4-3-5-7-11/h3-7,10,12H,8-9,14H2,1-2H3. The highest BCUT2D eigenvalue weighted by atomic mass is 16.6. The summed E-state index contributed by atoms with van der Waals surface area (Å²) in [5.74, 6) is -0.709. The van der Waals surface area contributed by atoms with Crippen LogP contribution >= 0.6 is 0 Å². The predicted octanol–water partition coefficient (Wildman–Crippen LogP) is 1.31. The van der Waals surface area contributed by atoms with E-state index in [0.717, 1.165) is 5.56 Å². The lowest BCUT2D eigenvalue weighted by atomic mass is 9.99. The molecule has 0 bridgehead atoms. The molecule has 2 N–H and O–H groups in total. The molecule has 2 unspecified atom stereocenters. The summed E-state index contributed by atoms with van der Waals surface area (Å²) in [4.78, 5) is 11.9. The number of carbonyl (C=O) groups excluding carboxylic acids is 1. The quantitative estimate of drug-likeness (QED) is 0.758. The summed E-state index contributed by atoms with van der Waals surface area (Å²) in [5, 5.41) is 0. The summed E-state index contributed by atoms with van der Waals surface area (Å²) in [6.45, 7) is 2.42. The Balaban J connectivity index is 2.65. The monoisotopic (exact) mass is 237 g/mol. The van der Waals surface area contributed by atoms with Crippen molar-refractivity contribution in [1.82, 2.24) is 0 Å². The fourth-order valence-electron chi connectivity index (χ4n) is 1.60. The third kappa shape index (κ3) is 4.17. The molecule has 1 aromatic rings. The minimum absolute atomic E-state index is 0.239. The average molecular weight is 237 g/mol. The lowest BCUT2D eigenvalue weighted by Gasteiger charge is -2.18. The molecule has 0 aromatic heterocycles. The van der Waals surface area contributed by atoms with Gasteiger partial charge < -0.3 is 15.2 Å². The van der Waals surface area contributed by atoms with Crippen molar-refractivity contribution >= 4 is 5.97 Å². The number of rotatable bonds is 6. The smallest absolute Gasteiger partial charge is 0.315 e. The van der Waals surface area contributed by atoms with Crippen LogP contribution in [0.25, 0.3) is 0 Å². The van der Waals surface area contributed by atoms with Crippen LogP contribution < -0.4 is 5.73 Å². The van der Waals surface area contributed by atoms with Gasteiger partial charge in [-0.25, -0.2) is 0 Å². The predicted molar refractivity (Wildman–Crippen MR) is 65.7 cm³/mol. The molecule has 0 saturated carbocycles. The van der Waals surface area contributed by atoms with E-state index in [1.807, 2.05) is 30.3 Å². The molecule has 4 nitrogen and oxygen atoms in total. The van der Waals surface area contributed by atoms with E-state index in [4.69, 9.17) is 15.2 Å². The number of esters is 1. The van der Waals surface area contributed by atoms with Crippen LogP contribution in [0.3, 0.4) is 0 Å². The Bertz CT molecular complexity index is 340. The molecule has 0 radical (unpaired) electrons. The SMILES string of the molecule is COCC(C)OC(=O)C(CN)c1ccccc1. The van der Waals surface area contributed by atoms with Crippen molar-refractivity contribution in [2.24, 2.45) is 5.73 Å². The minimum Gasteiger partial charge on any atom is -0.460 e. The van der Waals surface area contributed by atoms with Gasteiger partial charge >= 0.3 is 5.97 Å². The van der Waals surface area contributed by atoms with Crippen molar-refractivity contribution < 1.29 is 14.3 Å². The molecule has 2 atom stereocenters. The van der Waals surface area contributed by atoms with Gasteiger partial charge in [-0.3, -0.25) is 4.79 Å². The average Bonchev–Trinajstić information content (AvgIpc) is 2.31. The van der Waals surface area contributed by atoms with E-state index in [-0.39, 0.29) is 18.6 Å². The maximum absolute atomic E-state index is 11.9. The summed E-state index contributed by atoms with van der Waals surface area (Å²) in [6, 6.07) is 9.41. The Hall–Kier alpha value is -1.39. The third-order valence-electron chi connectivity index (χ3n) is 2.44. The lowest BCUT2D eigenvalue weighted by Crippen LogP contribution is -2.28. The summed E-state index contributed by atoms with van der Waals surface area (Å²) in [6.07, 6.45) is -0.259. The van der Waals surface area contributed by atoms with E-state index in [1.165, 1.54) is 0 Å². The summed E-state index contributed by atoms with van der Waals surface area (Å²) in [7, 11) is 1.57. The number of ether oxygens (including phenoxy) is 2. The highest BCUT2D eigenvalue weighted by Crippen LogP contribution is 2.16. The van der Waals surface area contributed by atoms with Gasteiger partial charge in [0.15, 0.2) is 0 Å². The second kappa shape index (κ2) is 7.04. The number of methoxy groups -OCH3 is 1. The number of hydrogen-bond donors (Lipinski definition) is 1. The zero-order chi connectivity index (χ0) is 12.7. The van der Waals surface area contributed by atoms with Gasteiger partial charge in [-0.2, -0.15) is 0 Å². The van der Waals surface area contributed by atoms with Gasteiger partial charge in [0.2, 0.25) is 0 Å². The molecule has 17 heavy (non-hydrogen) atoms. The molecule has 1 aromatic carbocycles. The zero-order valence-corrected chi connectivity index (χ0v) is 10.3. The molecule has 4 heteroatoms. The second-order valence-electron chi connectivity index (χ2n) is 3.90. The van der Waals surface area contributed by atoms with Gasteiger partial charge in [-0.1, -0.05) is 30.3 Å². The summed E-state index contributed by atoms with van der Waals surface area (Å²) >= 11 is 0. The zero-order valence-electron chi connectivity index (χ0n) is 10.3. The normalized spacial score (nSPS) is 14.1. The van der Waals surface area contributed by atoms with Crippen LogP contribution in [0.1, 0.15) is 18.4 Å². The van der Waals surface area contributed by atoms with E-state index in [2.05, 4.69) is 0 Å². The molecule has 94 valence electrons. The van der Waals surface area contributed by atoms with Gasteiger partial charge in [0, 0.05) is 13.7 Å². The number of hydrogen-bond acceptors (Lipinski definition) is 4. The Labute approximate surface area is 102 Å². The Morgan fingerprint density at radius 3 is 2.53 bits per heavy atom. The first kappa shape index (κ1) is 13.7. The molecule has 0 aliphatic carbocycles. The van der Waals surface area contributed by atoms with Crippen molar-refractivity contribution in [2.75, 3.05) is 20.3 Å². The van der Waals surface area contributed by atoms with Crippen LogP contribution in [0, 0.1) is 0 Å². The highest BCUT2D eigenvalue weighted by Gasteiger charge is 2.22. The Morgan fingerprint density at radius 1 is 1.35 bits per heavy atom. The van der Waals surface area contributed by atoms with Crippen LogP contribution in [0.2, 0.25) is 0 Å². The number of benzene rings is 1. The molecule has 0 aliphatic rings. The Kier molecular flexibility index (Phi) is 5.66. The van der Waals surface area contributed by atoms with Crippen molar-refractivity contribution in [3.05, 3.63) is 35.9 Å². The first-order chi connectivity index (χ1) is 8.19. The van der Waals surface area contributed by atoms with E-state index in [0.29, 0.717) is 6.61 Å². The van der Waals surface area contributed by atoms with Crippen molar-refractivity contribution in [2.45, 2.75) is 18.9 Å².